The van der Waals surface area contributed by atoms with Gasteiger partial charge in [-0.2, -0.15) is 8.78 Å². The van der Waals surface area contributed by atoms with Gasteiger partial charge in [0, 0.05) is 12.1 Å². The molecule has 1 saturated heterocycles. The number of benzene rings is 1. The number of rotatable bonds is 7. The topological polar surface area (TPSA) is 102 Å². The molecule has 0 aliphatic carbocycles. The van der Waals surface area contributed by atoms with Crippen molar-refractivity contribution in [3.63, 3.8) is 0 Å². The maximum Gasteiger partial charge on any atom is 0.387 e. The minimum Gasteiger partial charge on any atom is -0.493 e. The number of nitrogens with zero attached hydrogens (tertiary/aromatic N) is 2. The molecule has 1 atom stereocenters. The van der Waals surface area contributed by atoms with Crippen LogP contribution in [-0.4, -0.2) is 47.2 Å². The zero-order valence-corrected chi connectivity index (χ0v) is 13.5. The van der Waals surface area contributed by atoms with Crippen molar-refractivity contribution in [1.82, 2.24) is 4.90 Å². The summed E-state index contributed by atoms with van der Waals surface area (Å²) < 4.78 is 34.2. The molecule has 0 aromatic heterocycles. The monoisotopic (exact) mass is 360 g/mol. The first-order valence-corrected chi connectivity index (χ1v) is 7.60. The van der Waals surface area contributed by atoms with Crippen molar-refractivity contribution >= 4 is 11.7 Å². The first-order valence-electron chi connectivity index (χ1n) is 7.60. The van der Waals surface area contributed by atoms with Crippen molar-refractivity contribution in [3.8, 4) is 11.5 Å². The predicted octanol–water partition coefficient (Wildman–Crippen LogP) is 2.64. The van der Waals surface area contributed by atoms with Crippen LogP contribution in [0.1, 0.15) is 24.8 Å². The van der Waals surface area contributed by atoms with Gasteiger partial charge in [0.1, 0.15) is 6.04 Å². The van der Waals surface area contributed by atoms with Gasteiger partial charge in [0.2, 0.25) is 0 Å². The summed E-state index contributed by atoms with van der Waals surface area (Å²) in [6.07, 6.45) is 1.99. The Balaban J connectivity index is 2.38. The number of nitro groups is 1. The molecule has 1 unspecified atom stereocenters. The highest BCUT2D eigenvalue weighted by Crippen LogP contribution is 2.37. The minimum atomic E-state index is -3.15. The van der Waals surface area contributed by atoms with Crippen LogP contribution in [0.3, 0.4) is 0 Å². The Labute approximate surface area is 142 Å². The molecular weight excluding hydrogens is 342 g/mol. The summed E-state index contributed by atoms with van der Waals surface area (Å²) in [5.74, 6) is -1.52. The number of carboxylic acids is 1. The second kappa shape index (κ2) is 8.06. The molecule has 1 aliphatic rings. The minimum absolute atomic E-state index is 0.00139. The number of halogens is 2. The lowest BCUT2D eigenvalue weighted by molar-refractivity contribution is -0.385. The standard InChI is InChI=1S/C15H18F2N2O6/c1-24-12-6-9(8-18-5-3-2-4-10(18)14(20)21)11(19(22)23)7-13(12)25-15(16)17/h6-7,10,15H,2-5,8H2,1H3,(H,20,21). The van der Waals surface area contributed by atoms with Crippen LogP contribution in [0, 0.1) is 10.1 Å². The molecule has 1 aromatic carbocycles. The van der Waals surface area contributed by atoms with Gasteiger partial charge in [-0.05, 0) is 25.5 Å². The van der Waals surface area contributed by atoms with E-state index in [1.807, 2.05) is 0 Å². The lowest BCUT2D eigenvalue weighted by Gasteiger charge is -2.32. The average Bonchev–Trinajstić information content (AvgIpc) is 2.55. The molecule has 138 valence electrons. The largest absolute Gasteiger partial charge is 0.493 e. The maximum atomic E-state index is 12.5. The van der Waals surface area contributed by atoms with E-state index in [4.69, 9.17) is 4.74 Å². The second-order valence-electron chi connectivity index (χ2n) is 5.59. The molecule has 1 N–H and O–H groups in total. The number of nitro benzene ring substituents is 1. The van der Waals surface area contributed by atoms with Gasteiger partial charge in [-0.1, -0.05) is 6.42 Å². The van der Waals surface area contributed by atoms with Gasteiger partial charge in [0.25, 0.3) is 5.69 Å². The quantitative estimate of drug-likeness (QED) is 0.589. The van der Waals surface area contributed by atoms with E-state index >= 15 is 0 Å². The van der Waals surface area contributed by atoms with Gasteiger partial charge >= 0.3 is 12.6 Å². The van der Waals surface area contributed by atoms with Crippen LogP contribution in [0.5, 0.6) is 11.5 Å². The number of methoxy groups -OCH3 is 1. The second-order valence-corrected chi connectivity index (χ2v) is 5.59. The van der Waals surface area contributed by atoms with E-state index in [0.29, 0.717) is 13.0 Å². The molecule has 1 fully saturated rings. The summed E-state index contributed by atoms with van der Waals surface area (Å²) in [5.41, 5.74) is -0.247. The number of alkyl halides is 2. The van der Waals surface area contributed by atoms with E-state index in [1.54, 1.807) is 4.90 Å². The van der Waals surface area contributed by atoms with E-state index in [1.165, 1.54) is 13.2 Å². The molecule has 0 bridgehead atoms. The molecule has 1 aromatic rings. The zero-order chi connectivity index (χ0) is 18.6. The molecular formula is C15H18F2N2O6. The van der Waals surface area contributed by atoms with Crippen LogP contribution in [0.15, 0.2) is 12.1 Å². The number of likely N-dealkylation sites (tertiary alicyclic amines) is 1. The van der Waals surface area contributed by atoms with Crippen molar-refractivity contribution in [2.45, 2.75) is 38.5 Å². The fourth-order valence-corrected chi connectivity index (χ4v) is 2.91. The van der Waals surface area contributed by atoms with Gasteiger partial charge in [-0.3, -0.25) is 19.8 Å². The van der Waals surface area contributed by atoms with Gasteiger partial charge in [0.05, 0.1) is 18.1 Å². The first-order chi connectivity index (χ1) is 11.8. The summed E-state index contributed by atoms with van der Waals surface area (Å²) in [4.78, 5) is 23.6. The summed E-state index contributed by atoms with van der Waals surface area (Å²) >= 11 is 0. The van der Waals surface area contributed by atoms with Crippen molar-refractivity contribution in [2.75, 3.05) is 13.7 Å². The van der Waals surface area contributed by atoms with E-state index in [0.717, 1.165) is 18.9 Å². The first kappa shape index (κ1) is 18.8. The highest BCUT2D eigenvalue weighted by molar-refractivity contribution is 5.73. The third-order valence-corrected chi connectivity index (χ3v) is 4.05. The average molecular weight is 360 g/mol. The lowest BCUT2D eigenvalue weighted by Crippen LogP contribution is -2.44. The molecule has 0 saturated carbocycles. The normalized spacial score (nSPS) is 18.2. The SMILES string of the molecule is COc1cc(CN2CCCCC2C(=O)O)c([N+](=O)[O-])cc1OC(F)F. The van der Waals surface area contributed by atoms with Crippen LogP contribution in [0.4, 0.5) is 14.5 Å². The van der Waals surface area contributed by atoms with Crippen LogP contribution in [0.2, 0.25) is 0 Å². The molecule has 0 radical (unpaired) electrons. The summed E-state index contributed by atoms with van der Waals surface area (Å²) in [6, 6.07) is 1.37. The van der Waals surface area contributed by atoms with Crippen LogP contribution >= 0.6 is 0 Å². The molecule has 10 heteroatoms. The van der Waals surface area contributed by atoms with Gasteiger partial charge in [0.15, 0.2) is 11.5 Å². The fraction of sp³-hybridized carbons (Fsp3) is 0.533. The summed E-state index contributed by atoms with van der Waals surface area (Å²) in [5, 5.41) is 20.6. The number of hydrogen-bond acceptors (Lipinski definition) is 6. The lowest BCUT2D eigenvalue weighted by atomic mass is 10.0. The number of aliphatic carboxylic acids is 1. The molecule has 1 aliphatic heterocycles. The molecule has 0 amide bonds. The predicted molar refractivity (Wildman–Crippen MR) is 82.0 cm³/mol. The van der Waals surface area contributed by atoms with Crippen LogP contribution < -0.4 is 9.47 Å². The zero-order valence-electron chi connectivity index (χ0n) is 13.5. The summed E-state index contributed by atoms with van der Waals surface area (Å²) in [6.45, 7) is -2.68. The van der Waals surface area contributed by atoms with E-state index < -0.39 is 35.0 Å². The van der Waals surface area contributed by atoms with E-state index in [2.05, 4.69) is 4.74 Å². The van der Waals surface area contributed by atoms with Crippen molar-refractivity contribution in [1.29, 1.82) is 0 Å². The Kier molecular flexibility index (Phi) is 6.07. The Morgan fingerprint density at radius 1 is 1.44 bits per heavy atom. The molecule has 0 spiro atoms. The Morgan fingerprint density at radius 3 is 2.72 bits per heavy atom. The highest BCUT2D eigenvalue weighted by Gasteiger charge is 2.31. The summed E-state index contributed by atoms with van der Waals surface area (Å²) in [7, 11) is 1.23. The molecule has 8 nitrogen and oxygen atoms in total. The van der Waals surface area contributed by atoms with Gasteiger partial charge < -0.3 is 14.6 Å². The highest BCUT2D eigenvalue weighted by atomic mass is 19.3. The van der Waals surface area contributed by atoms with Crippen LogP contribution in [-0.2, 0) is 11.3 Å². The Bertz CT molecular complexity index is 655. The third-order valence-electron chi connectivity index (χ3n) is 4.05. The van der Waals surface area contributed by atoms with Crippen molar-refractivity contribution in [3.05, 3.63) is 27.8 Å². The Morgan fingerprint density at radius 2 is 2.16 bits per heavy atom. The van der Waals surface area contributed by atoms with Crippen molar-refractivity contribution < 1.29 is 33.1 Å². The van der Waals surface area contributed by atoms with Gasteiger partial charge in [-0.25, -0.2) is 0 Å². The number of carboxylic acid groups (broad SMARTS) is 1. The molecule has 2 rings (SSSR count). The number of ether oxygens (including phenoxy) is 2. The third kappa shape index (κ3) is 4.53. The fourth-order valence-electron chi connectivity index (χ4n) is 2.91. The van der Waals surface area contributed by atoms with E-state index in [-0.39, 0.29) is 17.9 Å². The number of hydrogen-bond donors (Lipinski definition) is 1. The van der Waals surface area contributed by atoms with Crippen LogP contribution in [0.25, 0.3) is 0 Å². The smallest absolute Gasteiger partial charge is 0.387 e. The molecule has 1 heterocycles. The number of carbonyl (C=O) groups is 1. The Hall–Kier alpha value is -2.49. The number of piperidine rings is 1. The van der Waals surface area contributed by atoms with Crippen molar-refractivity contribution in [2.24, 2.45) is 0 Å². The molecule has 25 heavy (non-hydrogen) atoms. The maximum absolute atomic E-state index is 12.5. The van der Waals surface area contributed by atoms with Gasteiger partial charge in [-0.15, -0.1) is 0 Å². The van der Waals surface area contributed by atoms with E-state index in [9.17, 15) is 28.8 Å².